The molecule has 0 spiro atoms. The van der Waals surface area contributed by atoms with Crippen molar-refractivity contribution in [1.29, 1.82) is 0 Å². The fraction of sp³-hybridized carbons (Fsp3) is 0.643. The quantitative estimate of drug-likeness (QED) is 0.805. The highest BCUT2D eigenvalue weighted by molar-refractivity contribution is 5.35. The zero-order chi connectivity index (χ0) is 12.1. The van der Waals surface area contributed by atoms with Crippen LogP contribution in [0.4, 0.5) is 5.82 Å². The number of allylic oxidation sites excluding steroid dienone is 1. The highest BCUT2D eigenvalue weighted by atomic mass is 15.3. The van der Waals surface area contributed by atoms with Crippen LogP contribution in [0.25, 0.3) is 0 Å². The Kier molecular flexibility index (Phi) is 4.24. The molecule has 0 aliphatic heterocycles. The second-order valence-electron chi connectivity index (χ2n) is 5.09. The van der Waals surface area contributed by atoms with Gasteiger partial charge in [0.25, 0.3) is 0 Å². The first-order chi connectivity index (χ1) is 8.25. The summed E-state index contributed by atoms with van der Waals surface area (Å²) in [6, 6.07) is 2.94. The van der Waals surface area contributed by atoms with E-state index in [1.54, 1.807) is 0 Å². The highest BCUT2D eigenvalue weighted by Gasteiger charge is 2.09. The minimum Gasteiger partial charge on any atom is -0.362 e. The van der Waals surface area contributed by atoms with Crippen LogP contribution in [0.1, 0.15) is 52.0 Å². The van der Waals surface area contributed by atoms with Crippen molar-refractivity contribution >= 4 is 5.82 Å². The standard InChI is InChI=1S/C14H23N3/c1-12(2)17-11-10-14(16-17)15-13-8-6-4-3-5-7-9-13/h6,8,10-13H,3-5,7,9H2,1-2H3,(H,15,16)/b8-6+. The summed E-state index contributed by atoms with van der Waals surface area (Å²) >= 11 is 0. The molecule has 0 aromatic carbocycles. The van der Waals surface area contributed by atoms with Crippen molar-refractivity contribution in [3.05, 3.63) is 24.4 Å². The van der Waals surface area contributed by atoms with Gasteiger partial charge in [-0.05, 0) is 33.1 Å². The highest BCUT2D eigenvalue weighted by Crippen LogP contribution is 2.16. The zero-order valence-corrected chi connectivity index (χ0v) is 10.9. The maximum absolute atomic E-state index is 4.53. The lowest BCUT2D eigenvalue weighted by atomic mass is 10.0. The first kappa shape index (κ1) is 12.2. The molecule has 1 aliphatic rings. The summed E-state index contributed by atoms with van der Waals surface area (Å²) in [6.45, 7) is 4.29. The first-order valence-corrected chi connectivity index (χ1v) is 6.74. The maximum Gasteiger partial charge on any atom is 0.148 e. The molecule has 1 N–H and O–H groups in total. The van der Waals surface area contributed by atoms with E-state index in [4.69, 9.17) is 0 Å². The summed E-state index contributed by atoms with van der Waals surface area (Å²) < 4.78 is 2.00. The Morgan fingerprint density at radius 2 is 2.24 bits per heavy atom. The molecule has 0 saturated carbocycles. The Morgan fingerprint density at radius 1 is 1.35 bits per heavy atom. The molecule has 0 amide bonds. The molecule has 17 heavy (non-hydrogen) atoms. The van der Waals surface area contributed by atoms with Crippen molar-refractivity contribution in [3.8, 4) is 0 Å². The normalized spacial score (nSPS) is 23.1. The Balaban J connectivity index is 1.95. The van der Waals surface area contributed by atoms with Gasteiger partial charge in [-0.25, -0.2) is 0 Å². The number of nitrogens with one attached hydrogen (secondary N) is 1. The Bertz CT molecular complexity index is 365. The van der Waals surface area contributed by atoms with Crippen molar-refractivity contribution < 1.29 is 0 Å². The predicted molar refractivity (Wildman–Crippen MR) is 72.2 cm³/mol. The van der Waals surface area contributed by atoms with E-state index in [2.05, 4.69) is 42.5 Å². The summed E-state index contributed by atoms with van der Waals surface area (Å²) in [5.74, 6) is 0.994. The average Bonchev–Trinajstić information content (AvgIpc) is 2.70. The molecule has 0 saturated heterocycles. The minimum atomic E-state index is 0.429. The minimum absolute atomic E-state index is 0.429. The van der Waals surface area contributed by atoms with E-state index in [9.17, 15) is 0 Å². The molecule has 0 fully saturated rings. The van der Waals surface area contributed by atoms with E-state index in [0.29, 0.717) is 12.1 Å². The van der Waals surface area contributed by atoms with Crippen LogP contribution in [0.3, 0.4) is 0 Å². The van der Waals surface area contributed by atoms with Crippen molar-refractivity contribution in [2.75, 3.05) is 5.32 Å². The van der Waals surface area contributed by atoms with E-state index in [1.165, 1.54) is 32.1 Å². The Hall–Kier alpha value is -1.25. The van der Waals surface area contributed by atoms with E-state index in [-0.39, 0.29) is 0 Å². The topological polar surface area (TPSA) is 29.9 Å². The third kappa shape index (κ3) is 3.62. The van der Waals surface area contributed by atoms with Gasteiger partial charge in [0.15, 0.2) is 0 Å². The largest absolute Gasteiger partial charge is 0.362 e. The lowest BCUT2D eigenvalue weighted by Crippen LogP contribution is -2.18. The number of rotatable bonds is 3. The van der Waals surface area contributed by atoms with Crippen LogP contribution >= 0.6 is 0 Å². The second kappa shape index (κ2) is 5.89. The zero-order valence-electron chi connectivity index (χ0n) is 10.9. The molecule has 1 atom stereocenters. The van der Waals surface area contributed by atoms with Gasteiger partial charge in [-0.15, -0.1) is 0 Å². The molecule has 1 aromatic rings. The molecule has 0 radical (unpaired) electrons. The van der Waals surface area contributed by atoms with E-state index in [0.717, 1.165) is 5.82 Å². The number of aromatic nitrogens is 2. The summed E-state index contributed by atoms with van der Waals surface area (Å²) in [7, 11) is 0. The molecule has 2 rings (SSSR count). The van der Waals surface area contributed by atoms with Gasteiger partial charge in [-0.3, -0.25) is 4.68 Å². The number of nitrogens with zero attached hydrogens (tertiary/aromatic N) is 2. The third-order valence-electron chi connectivity index (χ3n) is 3.23. The molecular formula is C14H23N3. The molecule has 1 aromatic heterocycles. The maximum atomic E-state index is 4.53. The van der Waals surface area contributed by atoms with Gasteiger partial charge in [0, 0.05) is 24.3 Å². The fourth-order valence-corrected chi connectivity index (χ4v) is 2.17. The van der Waals surface area contributed by atoms with Crippen molar-refractivity contribution in [1.82, 2.24) is 9.78 Å². The first-order valence-electron chi connectivity index (χ1n) is 6.74. The summed E-state index contributed by atoms with van der Waals surface area (Å²) in [4.78, 5) is 0. The van der Waals surface area contributed by atoms with Gasteiger partial charge in [0.05, 0.1) is 0 Å². The molecule has 1 aliphatic carbocycles. The smallest absolute Gasteiger partial charge is 0.148 e. The molecule has 94 valence electrons. The van der Waals surface area contributed by atoms with Crippen LogP contribution in [0, 0.1) is 0 Å². The molecule has 0 bridgehead atoms. The Morgan fingerprint density at radius 3 is 3.00 bits per heavy atom. The van der Waals surface area contributed by atoms with Crippen LogP contribution in [-0.4, -0.2) is 15.8 Å². The molecule has 3 heteroatoms. The number of hydrogen-bond donors (Lipinski definition) is 1. The van der Waals surface area contributed by atoms with Gasteiger partial charge in [0.1, 0.15) is 5.82 Å². The van der Waals surface area contributed by atoms with Crippen LogP contribution in [-0.2, 0) is 0 Å². The van der Waals surface area contributed by atoms with Crippen molar-refractivity contribution in [2.45, 2.75) is 58.0 Å². The van der Waals surface area contributed by atoms with Crippen molar-refractivity contribution in [3.63, 3.8) is 0 Å². The Labute approximate surface area is 104 Å². The SMILES string of the molecule is CC(C)n1ccc(NC2/C=C/CCCCC2)n1. The fourth-order valence-electron chi connectivity index (χ4n) is 2.17. The molecule has 3 nitrogen and oxygen atoms in total. The molecular weight excluding hydrogens is 210 g/mol. The third-order valence-corrected chi connectivity index (χ3v) is 3.23. The van der Waals surface area contributed by atoms with Crippen molar-refractivity contribution in [2.24, 2.45) is 0 Å². The van der Waals surface area contributed by atoms with E-state index in [1.807, 2.05) is 10.9 Å². The van der Waals surface area contributed by atoms with E-state index < -0.39 is 0 Å². The molecule has 1 heterocycles. The van der Waals surface area contributed by atoms with Gasteiger partial charge in [-0.2, -0.15) is 5.10 Å². The average molecular weight is 233 g/mol. The number of anilines is 1. The lowest BCUT2D eigenvalue weighted by molar-refractivity contribution is 0.532. The molecule has 1 unspecified atom stereocenters. The van der Waals surface area contributed by atoms with Gasteiger partial charge < -0.3 is 5.32 Å². The number of hydrogen-bond acceptors (Lipinski definition) is 2. The van der Waals surface area contributed by atoms with Crippen LogP contribution in [0.2, 0.25) is 0 Å². The van der Waals surface area contributed by atoms with Crippen LogP contribution in [0.5, 0.6) is 0 Å². The summed E-state index contributed by atoms with van der Waals surface area (Å²) in [6.07, 6.45) is 13.1. The lowest BCUT2D eigenvalue weighted by Gasteiger charge is -2.16. The summed E-state index contributed by atoms with van der Waals surface area (Å²) in [5, 5.41) is 8.03. The van der Waals surface area contributed by atoms with Gasteiger partial charge in [-0.1, -0.05) is 25.0 Å². The van der Waals surface area contributed by atoms with Gasteiger partial charge >= 0.3 is 0 Å². The monoisotopic (exact) mass is 233 g/mol. The van der Waals surface area contributed by atoms with E-state index >= 15 is 0 Å². The predicted octanol–water partition coefficient (Wildman–Crippen LogP) is 3.76. The van der Waals surface area contributed by atoms with Gasteiger partial charge in [0.2, 0.25) is 0 Å². The van der Waals surface area contributed by atoms with Crippen LogP contribution in [0.15, 0.2) is 24.4 Å². The summed E-state index contributed by atoms with van der Waals surface area (Å²) in [5.41, 5.74) is 0. The second-order valence-corrected chi connectivity index (χ2v) is 5.09. The van der Waals surface area contributed by atoms with Crippen LogP contribution < -0.4 is 5.32 Å².